The summed E-state index contributed by atoms with van der Waals surface area (Å²) in [5.41, 5.74) is 8.67. The fourth-order valence-corrected chi connectivity index (χ4v) is 2.23. The monoisotopic (exact) mass is 314 g/mol. The highest BCUT2D eigenvalue weighted by atomic mass is 35.5. The summed E-state index contributed by atoms with van der Waals surface area (Å²) in [7, 11) is 0. The van der Waals surface area contributed by atoms with Crippen LogP contribution in [-0.4, -0.2) is 19.7 Å². The average molecular weight is 315 g/mol. The number of nitrogens with one attached hydrogen (secondary N) is 1. The molecule has 0 aliphatic carbocycles. The predicted molar refractivity (Wildman–Crippen MR) is 87.1 cm³/mol. The van der Waals surface area contributed by atoms with Gasteiger partial charge in [0.05, 0.1) is 11.4 Å². The number of nitrogens with two attached hydrogens (primary N) is 1. The molecule has 112 valence electrons. The summed E-state index contributed by atoms with van der Waals surface area (Å²) in [6.45, 7) is 2.52. The highest BCUT2D eigenvalue weighted by molar-refractivity contribution is 6.35. The second-order valence-corrected chi connectivity index (χ2v) is 5.17. The summed E-state index contributed by atoms with van der Waals surface area (Å²) < 4.78 is 1.85. The average Bonchev–Trinajstić information content (AvgIpc) is 2.91. The number of anilines is 2. The van der Waals surface area contributed by atoms with Crippen LogP contribution in [0.5, 0.6) is 0 Å². The number of para-hydroxylation sites is 1. The van der Waals surface area contributed by atoms with Gasteiger partial charge in [0.1, 0.15) is 17.2 Å². The van der Waals surface area contributed by atoms with E-state index in [2.05, 4.69) is 20.4 Å². The van der Waals surface area contributed by atoms with Crippen LogP contribution in [0.1, 0.15) is 11.3 Å². The van der Waals surface area contributed by atoms with Gasteiger partial charge in [0.25, 0.3) is 0 Å². The minimum Gasteiger partial charge on any atom is -0.382 e. The Bertz CT molecular complexity index is 784. The number of rotatable bonds is 4. The fourth-order valence-electron chi connectivity index (χ4n) is 2.07. The highest BCUT2D eigenvalue weighted by Crippen LogP contribution is 2.24. The molecule has 0 unspecified atom stereocenters. The molecule has 0 fully saturated rings. The Morgan fingerprint density at radius 1 is 1.23 bits per heavy atom. The molecule has 3 rings (SSSR count). The summed E-state index contributed by atoms with van der Waals surface area (Å²) in [6, 6.07) is 9.95. The van der Waals surface area contributed by atoms with Crippen molar-refractivity contribution in [1.29, 1.82) is 0 Å². The zero-order valence-electron chi connectivity index (χ0n) is 12.0. The number of aryl methyl sites for hydroxylation is 1. The molecule has 2 aromatic heterocycles. The predicted octanol–water partition coefficient (Wildman–Crippen LogP) is 2.82. The normalized spacial score (nSPS) is 10.6. The van der Waals surface area contributed by atoms with Gasteiger partial charge in [-0.15, -0.1) is 0 Å². The minimum atomic E-state index is 0.260. The van der Waals surface area contributed by atoms with Gasteiger partial charge in [-0.2, -0.15) is 5.10 Å². The lowest BCUT2D eigenvalue weighted by Crippen LogP contribution is -2.04. The van der Waals surface area contributed by atoms with Crippen LogP contribution in [0.4, 0.5) is 11.6 Å². The SMILES string of the molecule is Cc1nn(-c2ccccc2)cc1CNc1ncnc(N)c1Cl. The van der Waals surface area contributed by atoms with Crippen molar-refractivity contribution in [2.75, 3.05) is 11.1 Å². The smallest absolute Gasteiger partial charge is 0.150 e. The molecule has 3 N–H and O–H groups in total. The topological polar surface area (TPSA) is 81.7 Å². The number of halogens is 1. The molecule has 0 saturated carbocycles. The maximum atomic E-state index is 6.07. The molecule has 2 heterocycles. The van der Waals surface area contributed by atoms with Gasteiger partial charge in [-0.3, -0.25) is 0 Å². The van der Waals surface area contributed by atoms with Crippen LogP contribution in [0, 0.1) is 6.92 Å². The second kappa shape index (κ2) is 6.03. The Hall–Kier alpha value is -2.60. The summed E-state index contributed by atoms with van der Waals surface area (Å²) in [5, 5.41) is 8.01. The molecule has 7 heteroatoms. The van der Waals surface area contributed by atoms with Crippen molar-refractivity contribution < 1.29 is 0 Å². The molecule has 6 nitrogen and oxygen atoms in total. The molecule has 1 aromatic carbocycles. The lowest BCUT2D eigenvalue weighted by molar-refractivity contribution is 0.863. The zero-order valence-corrected chi connectivity index (χ0v) is 12.7. The second-order valence-electron chi connectivity index (χ2n) is 4.79. The molecular weight excluding hydrogens is 300 g/mol. The third-order valence-corrected chi connectivity index (χ3v) is 3.66. The van der Waals surface area contributed by atoms with Crippen molar-refractivity contribution in [3.8, 4) is 5.69 Å². The van der Waals surface area contributed by atoms with Crippen LogP contribution in [0.2, 0.25) is 5.02 Å². The molecule has 0 spiro atoms. The number of hydrogen-bond donors (Lipinski definition) is 2. The van der Waals surface area contributed by atoms with E-state index in [1.54, 1.807) is 0 Å². The van der Waals surface area contributed by atoms with Crippen LogP contribution in [0.3, 0.4) is 0 Å². The third kappa shape index (κ3) is 2.87. The lowest BCUT2D eigenvalue weighted by Gasteiger charge is -2.07. The van der Waals surface area contributed by atoms with E-state index in [1.165, 1.54) is 6.33 Å². The molecule has 3 aromatic rings. The molecule has 0 radical (unpaired) electrons. The van der Waals surface area contributed by atoms with Crippen molar-refractivity contribution in [1.82, 2.24) is 19.7 Å². The van der Waals surface area contributed by atoms with Gasteiger partial charge in [-0.05, 0) is 19.1 Å². The number of aromatic nitrogens is 4. The Morgan fingerprint density at radius 2 is 2.00 bits per heavy atom. The van der Waals surface area contributed by atoms with Crippen molar-refractivity contribution in [3.63, 3.8) is 0 Å². The molecule has 0 aliphatic rings. The molecule has 0 amide bonds. The molecular formula is C15H15ClN6. The number of hydrogen-bond acceptors (Lipinski definition) is 5. The van der Waals surface area contributed by atoms with Crippen LogP contribution in [0.15, 0.2) is 42.9 Å². The maximum Gasteiger partial charge on any atom is 0.150 e. The highest BCUT2D eigenvalue weighted by Gasteiger charge is 2.09. The Kier molecular flexibility index (Phi) is 3.93. The standard InChI is InChI=1S/C15H15ClN6/c1-10-11(7-18-15-13(16)14(17)19-9-20-15)8-22(21-10)12-5-3-2-4-6-12/h2-6,8-9H,7H2,1H3,(H3,17,18,19,20). The van der Waals surface area contributed by atoms with Gasteiger partial charge in [0, 0.05) is 18.3 Å². The van der Waals surface area contributed by atoms with E-state index < -0.39 is 0 Å². The number of nitrogens with zero attached hydrogens (tertiary/aromatic N) is 4. The van der Waals surface area contributed by atoms with Crippen LogP contribution in [-0.2, 0) is 6.54 Å². The van der Waals surface area contributed by atoms with E-state index in [4.69, 9.17) is 17.3 Å². The van der Waals surface area contributed by atoms with Gasteiger partial charge >= 0.3 is 0 Å². The van der Waals surface area contributed by atoms with Gasteiger partial charge in [0.15, 0.2) is 5.82 Å². The van der Waals surface area contributed by atoms with Crippen molar-refractivity contribution in [2.24, 2.45) is 0 Å². The maximum absolute atomic E-state index is 6.07. The largest absolute Gasteiger partial charge is 0.382 e. The minimum absolute atomic E-state index is 0.260. The van der Waals surface area contributed by atoms with Gasteiger partial charge < -0.3 is 11.1 Å². The van der Waals surface area contributed by atoms with E-state index in [0.29, 0.717) is 17.4 Å². The van der Waals surface area contributed by atoms with E-state index >= 15 is 0 Å². The first-order chi connectivity index (χ1) is 10.6. The fraction of sp³-hybridized carbons (Fsp3) is 0.133. The third-order valence-electron chi connectivity index (χ3n) is 3.28. The van der Waals surface area contributed by atoms with Crippen molar-refractivity contribution in [3.05, 3.63) is 59.1 Å². The van der Waals surface area contributed by atoms with Crippen LogP contribution >= 0.6 is 11.6 Å². The van der Waals surface area contributed by atoms with E-state index in [-0.39, 0.29) is 5.82 Å². The molecule has 0 aliphatic heterocycles. The van der Waals surface area contributed by atoms with Gasteiger partial charge in [-0.1, -0.05) is 29.8 Å². The van der Waals surface area contributed by atoms with Gasteiger partial charge in [-0.25, -0.2) is 14.6 Å². The zero-order chi connectivity index (χ0) is 15.5. The van der Waals surface area contributed by atoms with Crippen LogP contribution < -0.4 is 11.1 Å². The van der Waals surface area contributed by atoms with Crippen LogP contribution in [0.25, 0.3) is 5.69 Å². The first-order valence-electron chi connectivity index (χ1n) is 6.75. The first kappa shape index (κ1) is 14.3. The van der Waals surface area contributed by atoms with Gasteiger partial charge in [0.2, 0.25) is 0 Å². The molecule has 0 saturated heterocycles. The summed E-state index contributed by atoms with van der Waals surface area (Å²) in [4.78, 5) is 7.92. The molecule has 0 bridgehead atoms. The summed E-state index contributed by atoms with van der Waals surface area (Å²) in [5.74, 6) is 0.775. The quantitative estimate of drug-likeness (QED) is 0.774. The number of benzene rings is 1. The Labute approximate surface area is 133 Å². The first-order valence-corrected chi connectivity index (χ1v) is 7.13. The van der Waals surface area contributed by atoms with Crippen molar-refractivity contribution in [2.45, 2.75) is 13.5 Å². The Balaban J connectivity index is 1.79. The molecule has 22 heavy (non-hydrogen) atoms. The number of nitrogen functional groups attached to an aromatic ring is 1. The lowest BCUT2D eigenvalue weighted by atomic mass is 10.2. The van der Waals surface area contributed by atoms with Crippen molar-refractivity contribution >= 4 is 23.2 Å². The van der Waals surface area contributed by atoms with E-state index in [1.807, 2.05) is 48.1 Å². The van der Waals surface area contributed by atoms with E-state index in [9.17, 15) is 0 Å². The molecule has 0 atom stereocenters. The summed E-state index contributed by atoms with van der Waals surface area (Å²) in [6.07, 6.45) is 3.36. The van der Waals surface area contributed by atoms with E-state index in [0.717, 1.165) is 16.9 Å². The summed E-state index contributed by atoms with van der Waals surface area (Å²) >= 11 is 6.07. The Morgan fingerprint density at radius 3 is 2.77 bits per heavy atom.